The largest absolute Gasteiger partial charge is 0.305 e. The molecule has 0 atom stereocenters. The Morgan fingerprint density at radius 2 is 2.10 bits per heavy atom. The highest BCUT2D eigenvalue weighted by molar-refractivity contribution is 6.30. The third-order valence-corrected chi connectivity index (χ3v) is 4.12. The van der Waals surface area contributed by atoms with Crippen LogP contribution in [0.4, 0.5) is 0 Å². The molecule has 0 aromatic carbocycles. The number of rotatable bonds is 3. The second kappa shape index (κ2) is 4.86. The van der Waals surface area contributed by atoms with Crippen LogP contribution in [-0.2, 0) is 6.54 Å². The molecule has 0 N–H and O–H groups in total. The molecule has 0 radical (unpaired) electrons. The molecule has 0 aliphatic carbocycles. The van der Waals surface area contributed by atoms with Crippen LogP contribution in [0.5, 0.6) is 0 Å². The van der Waals surface area contributed by atoms with E-state index in [-0.39, 0.29) is 0 Å². The first-order valence-electron chi connectivity index (χ1n) is 7.03. The molecule has 1 saturated heterocycles. The van der Waals surface area contributed by atoms with Gasteiger partial charge < -0.3 is 4.40 Å². The molecule has 0 amide bonds. The fourth-order valence-corrected chi connectivity index (χ4v) is 2.96. The minimum atomic E-state index is 0.491. The maximum absolute atomic E-state index is 5.99. The van der Waals surface area contributed by atoms with Gasteiger partial charge >= 0.3 is 0 Å². The van der Waals surface area contributed by atoms with E-state index in [1.165, 1.54) is 5.56 Å². The average molecular weight is 302 g/mol. The summed E-state index contributed by atoms with van der Waals surface area (Å²) < 4.78 is 4.04. The molecule has 3 aromatic rings. The van der Waals surface area contributed by atoms with E-state index >= 15 is 0 Å². The fourth-order valence-electron chi connectivity index (χ4n) is 2.79. The second-order valence-electron chi connectivity index (χ2n) is 5.69. The molecule has 0 saturated carbocycles. The number of aryl methyl sites for hydroxylation is 1. The SMILES string of the molecule is Cc1cnn(C2CN(Cc3cn4cc(Cl)ccc4n3)C2)c1. The molecule has 4 rings (SSSR count). The van der Waals surface area contributed by atoms with Gasteiger partial charge in [-0.15, -0.1) is 0 Å². The van der Waals surface area contributed by atoms with E-state index in [0.717, 1.165) is 36.0 Å². The first kappa shape index (κ1) is 12.9. The van der Waals surface area contributed by atoms with Gasteiger partial charge in [-0.3, -0.25) is 9.58 Å². The molecule has 1 aliphatic rings. The number of pyridine rings is 1. The van der Waals surface area contributed by atoms with Crippen LogP contribution >= 0.6 is 11.6 Å². The van der Waals surface area contributed by atoms with Gasteiger partial charge in [0.05, 0.1) is 23.0 Å². The number of imidazole rings is 1. The summed E-state index contributed by atoms with van der Waals surface area (Å²) in [5.41, 5.74) is 3.23. The normalized spacial score (nSPS) is 16.5. The minimum absolute atomic E-state index is 0.491. The standard InChI is InChI=1S/C15H16ClN5/c1-11-4-17-21(5-11)14-9-19(10-14)7-13-8-20-6-12(16)2-3-15(20)18-13/h2-6,8,14H,7,9-10H2,1H3. The lowest BCUT2D eigenvalue weighted by molar-refractivity contribution is 0.0897. The molecule has 0 unspecified atom stereocenters. The molecule has 0 bridgehead atoms. The first-order valence-corrected chi connectivity index (χ1v) is 7.41. The van der Waals surface area contributed by atoms with E-state index in [2.05, 4.69) is 32.8 Å². The van der Waals surface area contributed by atoms with Crippen molar-refractivity contribution >= 4 is 17.2 Å². The van der Waals surface area contributed by atoms with E-state index in [4.69, 9.17) is 11.6 Å². The van der Waals surface area contributed by atoms with E-state index in [1.807, 2.05) is 35.1 Å². The molecular weight excluding hydrogens is 286 g/mol. The monoisotopic (exact) mass is 301 g/mol. The van der Waals surface area contributed by atoms with Crippen molar-refractivity contribution in [3.8, 4) is 0 Å². The molecule has 6 heteroatoms. The lowest BCUT2D eigenvalue weighted by Crippen LogP contribution is -2.47. The molecule has 5 nitrogen and oxygen atoms in total. The van der Waals surface area contributed by atoms with Crippen molar-refractivity contribution in [2.75, 3.05) is 13.1 Å². The summed E-state index contributed by atoms with van der Waals surface area (Å²) in [6.45, 7) is 4.99. The Hall–Kier alpha value is -1.85. The average Bonchev–Trinajstić information content (AvgIpc) is 2.98. The van der Waals surface area contributed by atoms with E-state index in [1.54, 1.807) is 0 Å². The van der Waals surface area contributed by atoms with Gasteiger partial charge in [0.2, 0.25) is 0 Å². The van der Waals surface area contributed by atoms with Crippen molar-refractivity contribution in [2.24, 2.45) is 0 Å². The van der Waals surface area contributed by atoms with Gasteiger partial charge in [-0.1, -0.05) is 11.6 Å². The van der Waals surface area contributed by atoms with Crippen LogP contribution in [-0.4, -0.2) is 37.2 Å². The van der Waals surface area contributed by atoms with Gasteiger partial charge in [-0.25, -0.2) is 4.98 Å². The number of hydrogen-bond donors (Lipinski definition) is 0. The second-order valence-corrected chi connectivity index (χ2v) is 6.13. The Morgan fingerprint density at radius 3 is 2.86 bits per heavy atom. The lowest BCUT2D eigenvalue weighted by atomic mass is 10.1. The number of hydrogen-bond acceptors (Lipinski definition) is 3. The zero-order valence-corrected chi connectivity index (χ0v) is 12.5. The smallest absolute Gasteiger partial charge is 0.137 e. The number of aromatic nitrogens is 4. The summed E-state index contributed by atoms with van der Waals surface area (Å²) in [6, 6.07) is 4.30. The minimum Gasteiger partial charge on any atom is -0.305 e. The zero-order chi connectivity index (χ0) is 14.4. The zero-order valence-electron chi connectivity index (χ0n) is 11.8. The van der Waals surface area contributed by atoms with Crippen LogP contribution in [0.1, 0.15) is 17.3 Å². The van der Waals surface area contributed by atoms with Crippen LogP contribution < -0.4 is 0 Å². The topological polar surface area (TPSA) is 38.4 Å². The van der Waals surface area contributed by atoms with Crippen molar-refractivity contribution in [3.63, 3.8) is 0 Å². The summed E-state index contributed by atoms with van der Waals surface area (Å²) >= 11 is 5.99. The van der Waals surface area contributed by atoms with Crippen LogP contribution in [0.15, 0.2) is 36.9 Å². The molecule has 3 aromatic heterocycles. The number of nitrogens with zero attached hydrogens (tertiary/aromatic N) is 5. The Balaban J connectivity index is 1.42. The lowest BCUT2D eigenvalue weighted by Gasteiger charge is -2.38. The van der Waals surface area contributed by atoms with Crippen molar-refractivity contribution < 1.29 is 0 Å². The molecule has 21 heavy (non-hydrogen) atoms. The van der Waals surface area contributed by atoms with Crippen LogP contribution in [0.2, 0.25) is 5.02 Å². The maximum Gasteiger partial charge on any atom is 0.137 e. The summed E-state index contributed by atoms with van der Waals surface area (Å²) in [4.78, 5) is 7.00. The fraction of sp³-hybridized carbons (Fsp3) is 0.333. The van der Waals surface area contributed by atoms with E-state index in [0.29, 0.717) is 6.04 Å². The van der Waals surface area contributed by atoms with Crippen molar-refractivity contribution in [3.05, 3.63) is 53.2 Å². The molecule has 4 heterocycles. The predicted molar refractivity (Wildman–Crippen MR) is 81.5 cm³/mol. The van der Waals surface area contributed by atoms with Crippen LogP contribution in [0.25, 0.3) is 5.65 Å². The van der Waals surface area contributed by atoms with Gasteiger partial charge in [0.25, 0.3) is 0 Å². The number of fused-ring (bicyclic) bond motifs is 1. The Kier molecular flexibility index (Phi) is 2.97. The molecular formula is C15H16ClN5. The quantitative estimate of drug-likeness (QED) is 0.746. The third-order valence-electron chi connectivity index (χ3n) is 3.89. The first-order chi connectivity index (χ1) is 10.2. The summed E-state index contributed by atoms with van der Waals surface area (Å²) in [6.07, 6.45) is 7.95. The number of halogens is 1. The molecule has 1 aliphatic heterocycles. The van der Waals surface area contributed by atoms with E-state index in [9.17, 15) is 0 Å². The maximum atomic E-state index is 5.99. The van der Waals surface area contributed by atoms with Gasteiger partial charge in [-0.05, 0) is 24.6 Å². The van der Waals surface area contributed by atoms with Gasteiger partial charge in [0, 0.05) is 38.2 Å². The van der Waals surface area contributed by atoms with Crippen LogP contribution in [0, 0.1) is 6.92 Å². The van der Waals surface area contributed by atoms with Crippen molar-refractivity contribution in [1.29, 1.82) is 0 Å². The Morgan fingerprint density at radius 1 is 1.24 bits per heavy atom. The predicted octanol–water partition coefficient (Wildman–Crippen LogP) is 2.55. The third kappa shape index (κ3) is 2.43. The van der Waals surface area contributed by atoms with Crippen LogP contribution in [0.3, 0.4) is 0 Å². The Bertz CT molecular complexity index is 784. The highest BCUT2D eigenvalue weighted by Crippen LogP contribution is 2.23. The molecule has 0 spiro atoms. The highest BCUT2D eigenvalue weighted by Gasteiger charge is 2.29. The van der Waals surface area contributed by atoms with Crippen molar-refractivity contribution in [2.45, 2.75) is 19.5 Å². The van der Waals surface area contributed by atoms with Gasteiger partial charge in [0.1, 0.15) is 5.65 Å². The Labute approximate surface area is 127 Å². The number of likely N-dealkylation sites (tertiary alicyclic amines) is 1. The highest BCUT2D eigenvalue weighted by atomic mass is 35.5. The van der Waals surface area contributed by atoms with Gasteiger partial charge in [-0.2, -0.15) is 5.10 Å². The van der Waals surface area contributed by atoms with Gasteiger partial charge in [0.15, 0.2) is 0 Å². The summed E-state index contributed by atoms with van der Waals surface area (Å²) in [5.74, 6) is 0. The van der Waals surface area contributed by atoms with E-state index < -0.39 is 0 Å². The molecule has 1 fully saturated rings. The summed E-state index contributed by atoms with van der Waals surface area (Å²) in [7, 11) is 0. The summed E-state index contributed by atoms with van der Waals surface area (Å²) in [5, 5.41) is 5.11. The molecule has 108 valence electrons. The van der Waals surface area contributed by atoms with Crippen molar-refractivity contribution in [1.82, 2.24) is 24.1 Å².